The topological polar surface area (TPSA) is 58.7 Å². The highest BCUT2D eigenvalue weighted by Crippen LogP contribution is 2.15. The molecule has 0 spiro atoms. The molecule has 0 aliphatic heterocycles. The van der Waals surface area contributed by atoms with Gasteiger partial charge in [0.05, 0.1) is 12.6 Å². The van der Waals surface area contributed by atoms with Crippen molar-refractivity contribution in [2.24, 2.45) is 5.73 Å². The first kappa shape index (κ1) is 13.0. The number of hydrogen-bond donors (Lipinski definition) is 2. The molecule has 16 heavy (non-hydrogen) atoms. The number of aliphatic hydroxyl groups is 1. The summed E-state index contributed by atoms with van der Waals surface area (Å²) in [5.74, 6) is 0.829. The van der Waals surface area contributed by atoms with Gasteiger partial charge in [-0.25, -0.2) is 0 Å². The average Bonchev–Trinajstić information content (AvgIpc) is 2.28. The van der Waals surface area contributed by atoms with E-state index >= 15 is 0 Å². The van der Waals surface area contributed by atoms with Gasteiger partial charge in [0.15, 0.2) is 0 Å². The van der Waals surface area contributed by atoms with Crippen LogP contribution in [0.25, 0.3) is 0 Å². The van der Waals surface area contributed by atoms with Gasteiger partial charge in [-0.2, -0.15) is 0 Å². The number of likely N-dealkylation sites (N-methyl/N-ethyl adjacent to an activating group) is 1. The van der Waals surface area contributed by atoms with Crippen molar-refractivity contribution in [1.82, 2.24) is 4.90 Å². The van der Waals surface area contributed by atoms with Gasteiger partial charge in [0.1, 0.15) is 12.4 Å². The molecule has 0 saturated carbocycles. The second-order valence-corrected chi connectivity index (χ2v) is 4.01. The third-order valence-corrected chi connectivity index (χ3v) is 2.31. The molecule has 0 saturated heterocycles. The Morgan fingerprint density at radius 1 is 1.31 bits per heavy atom. The van der Waals surface area contributed by atoms with E-state index in [0.717, 1.165) is 17.9 Å². The number of benzene rings is 1. The van der Waals surface area contributed by atoms with E-state index in [1.165, 1.54) is 0 Å². The SMILES string of the molecule is CN(C)CCOc1ccc([C@@H](N)CO)cc1. The summed E-state index contributed by atoms with van der Waals surface area (Å²) >= 11 is 0. The molecule has 3 N–H and O–H groups in total. The second-order valence-electron chi connectivity index (χ2n) is 4.01. The van der Waals surface area contributed by atoms with Gasteiger partial charge in [0.25, 0.3) is 0 Å². The maximum Gasteiger partial charge on any atom is 0.119 e. The molecule has 4 nitrogen and oxygen atoms in total. The summed E-state index contributed by atoms with van der Waals surface area (Å²) in [6.07, 6.45) is 0. The highest BCUT2D eigenvalue weighted by molar-refractivity contribution is 5.29. The Labute approximate surface area is 96.6 Å². The number of hydrogen-bond acceptors (Lipinski definition) is 4. The number of aliphatic hydroxyl groups excluding tert-OH is 1. The predicted octanol–water partition coefficient (Wildman–Crippen LogP) is 0.619. The molecule has 0 unspecified atom stereocenters. The monoisotopic (exact) mass is 224 g/mol. The van der Waals surface area contributed by atoms with E-state index in [1.807, 2.05) is 38.4 Å². The first-order valence-corrected chi connectivity index (χ1v) is 5.37. The highest BCUT2D eigenvalue weighted by Gasteiger charge is 2.03. The van der Waals surface area contributed by atoms with Crippen LogP contribution in [0.4, 0.5) is 0 Å². The van der Waals surface area contributed by atoms with E-state index in [4.69, 9.17) is 15.6 Å². The van der Waals surface area contributed by atoms with Crippen LogP contribution in [0, 0.1) is 0 Å². The van der Waals surface area contributed by atoms with Crippen LogP contribution in [-0.2, 0) is 0 Å². The summed E-state index contributed by atoms with van der Waals surface area (Å²) in [5.41, 5.74) is 6.61. The lowest BCUT2D eigenvalue weighted by Crippen LogP contribution is -2.19. The summed E-state index contributed by atoms with van der Waals surface area (Å²) in [6, 6.07) is 7.20. The van der Waals surface area contributed by atoms with Crippen molar-refractivity contribution < 1.29 is 9.84 Å². The predicted molar refractivity (Wildman–Crippen MR) is 64.5 cm³/mol. The molecular weight excluding hydrogens is 204 g/mol. The lowest BCUT2D eigenvalue weighted by Gasteiger charge is -2.12. The summed E-state index contributed by atoms with van der Waals surface area (Å²) < 4.78 is 5.54. The van der Waals surface area contributed by atoms with Gasteiger partial charge >= 0.3 is 0 Å². The van der Waals surface area contributed by atoms with Crippen LogP contribution < -0.4 is 10.5 Å². The standard InChI is InChI=1S/C12H20N2O2/c1-14(2)7-8-16-11-5-3-10(4-6-11)12(13)9-15/h3-6,12,15H,7-9,13H2,1-2H3/t12-/m0/s1. The minimum atomic E-state index is -0.309. The third-order valence-electron chi connectivity index (χ3n) is 2.31. The van der Waals surface area contributed by atoms with Crippen molar-refractivity contribution in [1.29, 1.82) is 0 Å². The molecule has 1 atom stereocenters. The number of rotatable bonds is 6. The largest absolute Gasteiger partial charge is 0.492 e. The maximum absolute atomic E-state index is 8.90. The molecule has 0 radical (unpaired) electrons. The fourth-order valence-electron chi connectivity index (χ4n) is 1.26. The van der Waals surface area contributed by atoms with Gasteiger partial charge in [-0.15, -0.1) is 0 Å². The molecule has 90 valence electrons. The van der Waals surface area contributed by atoms with Gasteiger partial charge in [0, 0.05) is 6.54 Å². The second kappa shape index (κ2) is 6.48. The van der Waals surface area contributed by atoms with E-state index in [-0.39, 0.29) is 12.6 Å². The fourth-order valence-corrected chi connectivity index (χ4v) is 1.26. The summed E-state index contributed by atoms with van der Waals surface area (Å²) in [7, 11) is 4.01. The third kappa shape index (κ3) is 4.18. The molecule has 1 aromatic rings. The van der Waals surface area contributed by atoms with E-state index in [1.54, 1.807) is 0 Å². The minimum Gasteiger partial charge on any atom is -0.492 e. The molecule has 0 bridgehead atoms. The van der Waals surface area contributed by atoms with Crippen molar-refractivity contribution >= 4 is 0 Å². The number of nitrogens with zero attached hydrogens (tertiary/aromatic N) is 1. The summed E-state index contributed by atoms with van der Waals surface area (Å²) in [6.45, 7) is 1.51. The van der Waals surface area contributed by atoms with Gasteiger partial charge in [-0.3, -0.25) is 0 Å². The quantitative estimate of drug-likeness (QED) is 0.743. The van der Waals surface area contributed by atoms with E-state index in [2.05, 4.69) is 4.90 Å². The van der Waals surface area contributed by atoms with Crippen LogP contribution in [0.1, 0.15) is 11.6 Å². The van der Waals surface area contributed by atoms with Crippen LogP contribution in [0.3, 0.4) is 0 Å². The zero-order valence-electron chi connectivity index (χ0n) is 9.89. The highest BCUT2D eigenvalue weighted by atomic mass is 16.5. The Kier molecular flexibility index (Phi) is 5.25. The Morgan fingerprint density at radius 3 is 2.44 bits per heavy atom. The first-order chi connectivity index (χ1) is 7.63. The lowest BCUT2D eigenvalue weighted by molar-refractivity contribution is 0.260. The molecule has 0 aliphatic rings. The lowest BCUT2D eigenvalue weighted by atomic mass is 10.1. The Hall–Kier alpha value is -1.10. The van der Waals surface area contributed by atoms with Crippen LogP contribution in [0.15, 0.2) is 24.3 Å². The van der Waals surface area contributed by atoms with Crippen LogP contribution in [0.5, 0.6) is 5.75 Å². The van der Waals surface area contributed by atoms with Crippen LogP contribution in [0.2, 0.25) is 0 Å². The van der Waals surface area contributed by atoms with Crippen molar-refractivity contribution in [2.75, 3.05) is 33.9 Å². The zero-order chi connectivity index (χ0) is 12.0. The minimum absolute atomic E-state index is 0.0408. The van der Waals surface area contributed by atoms with Crippen molar-refractivity contribution in [3.63, 3.8) is 0 Å². The molecule has 0 fully saturated rings. The molecular formula is C12H20N2O2. The molecule has 1 aromatic carbocycles. The number of nitrogens with two attached hydrogens (primary N) is 1. The van der Waals surface area contributed by atoms with E-state index in [0.29, 0.717) is 6.61 Å². The van der Waals surface area contributed by atoms with Crippen molar-refractivity contribution in [3.05, 3.63) is 29.8 Å². The van der Waals surface area contributed by atoms with Gasteiger partial charge in [-0.1, -0.05) is 12.1 Å². The molecule has 0 amide bonds. The van der Waals surface area contributed by atoms with E-state index in [9.17, 15) is 0 Å². The first-order valence-electron chi connectivity index (χ1n) is 5.37. The number of ether oxygens (including phenoxy) is 1. The molecule has 4 heteroatoms. The van der Waals surface area contributed by atoms with Crippen LogP contribution in [-0.4, -0.2) is 43.9 Å². The fraction of sp³-hybridized carbons (Fsp3) is 0.500. The molecule has 0 heterocycles. The molecule has 0 aromatic heterocycles. The van der Waals surface area contributed by atoms with Crippen LogP contribution >= 0.6 is 0 Å². The van der Waals surface area contributed by atoms with Crippen molar-refractivity contribution in [3.8, 4) is 5.75 Å². The van der Waals surface area contributed by atoms with Crippen molar-refractivity contribution in [2.45, 2.75) is 6.04 Å². The van der Waals surface area contributed by atoms with Gasteiger partial charge < -0.3 is 20.5 Å². The molecule has 1 rings (SSSR count). The maximum atomic E-state index is 8.90. The summed E-state index contributed by atoms with van der Waals surface area (Å²) in [5, 5.41) is 8.90. The molecule has 0 aliphatic carbocycles. The summed E-state index contributed by atoms with van der Waals surface area (Å²) in [4.78, 5) is 2.07. The Bertz CT molecular complexity index is 298. The van der Waals surface area contributed by atoms with Gasteiger partial charge in [0.2, 0.25) is 0 Å². The smallest absolute Gasteiger partial charge is 0.119 e. The zero-order valence-corrected chi connectivity index (χ0v) is 9.89. The Morgan fingerprint density at radius 2 is 1.94 bits per heavy atom. The average molecular weight is 224 g/mol. The van der Waals surface area contributed by atoms with Gasteiger partial charge in [-0.05, 0) is 31.8 Å². The normalized spacial score (nSPS) is 12.8. The van der Waals surface area contributed by atoms with E-state index < -0.39 is 0 Å². The Balaban J connectivity index is 2.45.